The topological polar surface area (TPSA) is 47.0 Å². The van der Waals surface area contributed by atoms with Crippen molar-refractivity contribution >= 4 is 5.82 Å². The average molecular weight is 263 g/mol. The first-order valence-electron chi connectivity index (χ1n) is 7.11. The molecule has 1 aromatic rings. The Kier molecular flexibility index (Phi) is 3.97. The Morgan fingerprint density at radius 3 is 2.37 bits per heavy atom. The summed E-state index contributed by atoms with van der Waals surface area (Å²) in [6.07, 6.45) is 4.97. The molecule has 2 rings (SSSR count). The number of nitrogens with zero attached hydrogens (tertiary/aromatic N) is 2. The lowest BCUT2D eigenvalue weighted by atomic mass is 9.76. The Labute approximate surface area is 116 Å². The zero-order valence-corrected chi connectivity index (χ0v) is 12.7. The van der Waals surface area contributed by atoms with Crippen LogP contribution in [-0.4, -0.2) is 23.1 Å². The van der Waals surface area contributed by atoms with Gasteiger partial charge >= 0.3 is 0 Å². The second-order valence-electron chi connectivity index (χ2n) is 6.28. The van der Waals surface area contributed by atoms with E-state index in [2.05, 4.69) is 29.1 Å². The van der Waals surface area contributed by atoms with Gasteiger partial charge in [-0.1, -0.05) is 13.8 Å². The Morgan fingerprint density at radius 1 is 1.16 bits per heavy atom. The maximum absolute atomic E-state index is 6.11. The summed E-state index contributed by atoms with van der Waals surface area (Å²) in [5, 5.41) is 3.10. The summed E-state index contributed by atoms with van der Waals surface area (Å²) in [6.45, 7) is 8.58. The first-order chi connectivity index (χ1) is 8.91. The van der Waals surface area contributed by atoms with Crippen LogP contribution in [0.2, 0.25) is 0 Å². The molecule has 0 atom stereocenters. The Balaban J connectivity index is 2.09. The minimum absolute atomic E-state index is 0.297. The van der Waals surface area contributed by atoms with Gasteiger partial charge in [-0.3, -0.25) is 0 Å². The van der Waals surface area contributed by atoms with Crippen LogP contribution < -0.4 is 10.1 Å². The third-order valence-electron chi connectivity index (χ3n) is 4.01. The molecule has 106 valence electrons. The largest absolute Gasteiger partial charge is 0.474 e. The number of nitrogens with one attached hydrogen (secondary N) is 1. The molecule has 1 N–H and O–H groups in total. The van der Waals surface area contributed by atoms with Gasteiger partial charge in [0.05, 0.1) is 5.56 Å². The summed E-state index contributed by atoms with van der Waals surface area (Å²) in [5.74, 6) is 2.35. The summed E-state index contributed by atoms with van der Waals surface area (Å²) in [6, 6.07) is 0. The van der Waals surface area contributed by atoms with E-state index in [1.54, 1.807) is 0 Å². The van der Waals surface area contributed by atoms with Crippen molar-refractivity contribution in [2.45, 2.75) is 59.5 Å². The van der Waals surface area contributed by atoms with Gasteiger partial charge in [-0.05, 0) is 44.9 Å². The number of ether oxygens (including phenoxy) is 1. The van der Waals surface area contributed by atoms with Gasteiger partial charge in [-0.25, -0.2) is 4.98 Å². The molecule has 0 amide bonds. The number of hydrogen-bond donors (Lipinski definition) is 1. The van der Waals surface area contributed by atoms with Crippen molar-refractivity contribution in [2.24, 2.45) is 5.41 Å². The fourth-order valence-corrected chi connectivity index (χ4v) is 2.61. The molecule has 1 aliphatic carbocycles. The molecule has 0 aliphatic heterocycles. The first-order valence-corrected chi connectivity index (χ1v) is 7.11. The van der Waals surface area contributed by atoms with Crippen molar-refractivity contribution in [3.63, 3.8) is 0 Å². The maximum atomic E-state index is 6.11. The summed E-state index contributed by atoms with van der Waals surface area (Å²) in [5.41, 5.74) is 1.46. The van der Waals surface area contributed by atoms with Crippen molar-refractivity contribution < 1.29 is 4.74 Å². The number of aromatic nitrogens is 2. The molecule has 1 heterocycles. The second-order valence-corrected chi connectivity index (χ2v) is 6.28. The number of rotatable bonds is 3. The van der Waals surface area contributed by atoms with Gasteiger partial charge in [0.15, 0.2) is 0 Å². The first kappa shape index (κ1) is 14.1. The molecule has 1 aromatic heterocycles. The van der Waals surface area contributed by atoms with Crippen molar-refractivity contribution in [1.82, 2.24) is 9.97 Å². The monoisotopic (exact) mass is 263 g/mol. The van der Waals surface area contributed by atoms with E-state index in [0.29, 0.717) is 11.5 Å². The Hall–Kier alpha value is -1.32. The second kappa shape index (κ2) is 5.35. The van der Waals surface area contributed by atoms with Crippen LogP contribution in [0.3, 0.4) is 0 Å². The summed E-state index contributed by atoms with van der Waals surface area (Å²) in [4.78, 5) is 8.80. The van der Waals surface area contributed by atoms with Gasteiger partial charge in [0.25, 0.3) is 0 Å². The van der Waals surface area contributed by atoms with Crippen LogP contribution in [0, 0.1) is 19.3 Å². The molecule has 4 nitrogen and oxygen atoms in total. The maximum Gasteiger partial charge on any atom is 0.222 e. The molecule has 0 bridgehead atoms. The fourth-order valence-electron chi connectivity index (χ4n) is 2.61. The predicted octanol–water partition coefficient (Wildman–Crippen LogP) is 3.48. The normalized spacial score (nSPS) is 19.2. The molecule has 0 radical (unpaired) electrons. The Morgan fingerprint density at radius 2 is 1.79 bits per heavy atom. The molecule has 4 heteroatoms. The van der Waals surface area contributed by atoms with Gasteiger partial charge in [-0.2, -0.15) is 4.98 Å². The molecule has 19 heavy (non-hydrogen) atoms. The highest BCUT2D eigenvalue weighted by Gasteiger charge is 2.28. The summed E-state index contributed by atoms with van der Waals surface area (Å²) < 4.78 is 6.11. The van der Waals surface area contributed by atoms with E-state index in [1.165, 1.54) is 12.8 Å². The van der Waals surface area contributed by atoms with Crippen LogP contribution in [0.25, 0.3) is 0 Å². The quantitative estimate of drug-likeness (QED) is 0.907. The molecular weight excluding hydrogens is 238 g/mol. The van der Waals surface area contributed by atoms with Crippen LogP contribution in [0.4, 0.5) is 5.82 Å². The van der Waals surface area contributed by atoms with Gasteiger partial charge < -0.3 is 10.1 Å². The molecule has 0 unspecified atom stereocenters. The third kappa shape index (κ3) is 3.37. The van der Waals surface area contributed by atoms with E-state index in [0.717, 1.165) is 35.9 Å². The zero-order valence-electron chi connectivity index (χ0n) is 12.7. The molecule has 1 aliphatic rings. The van der Waals surface area contributed by atoms with Crippen molar-refractivity contribution in [1.29, 1.82) is 0 Å². The lowest BCUT2D eigenvalue weighted by Gasteiger charge is -2.34. The lowest BCUT2D eigenvalue weighted by Crippen LogP contribution is -2.29. The number of hydrogen-bond acceptors (Lipinski definition) is 4. The molecule has 0 aromatic carbocycles. The molecule has 0 spiro atoms. The minimum atomic E-state index is 0.297. The highest BCUT2D eigenvalue weighted by Crippen LogP contribution is 2.37. The zero-order chi connectivity index (χ0) is 14.0. The molecule has 1 saturated carbocycles. The number of aryl methyl sites for hydroxylation is 1. The number of anilines is 1. The van der Waals surface area contributed by atoms with Gasteiger partial charge in [-0.15, -0.1) is 0 Å². The van der Waals surface area contributed by atoms with E-state index in [-0.39, 0.29) is 0 Å². The van der Waals surface area contributed by atoms with Crippen LogP contribution in [0.5, 0.6) is 5.88 Å². The van der Waals surface area contributed by atoms with Crippen LogP contribution in [0.1, 0.15) is 50.9 Å². The van der Waals surface area contributed by atoms with Gasteiger partial charge in [0.2, 0.25) is 5.88 Å². The van der Waals surface area contributed by atoms with Gasteiger partial charge in [0, 0.05) is 7.05 Å². The van der Waals surface area contributed by atoms with Crippen LogP contribution in [-0.2, 0) is 0 Å². The fraction of sp³-hybridized carbons (Fsp3) is 0.733. The molecule has 1 fully saturated rings. The van der Waals surface area contributed by atoms with E-state index < -0.39 is 0 Å². The summed E-state index contributed by atoms with van der Waals surface area (Å²) in [7, 11) is 1.88. The molecular formula is C15H25N3O. The Bertz CT molecular complexity index is 447. The van der Waals surface area contributed by atoms with E-state index >= 15 is 0 Å². The summed E-state index contributed by atoms with van der Waals surface area (Å²) >= 11 is 0. The highest BCUT2D eigenvalue weighted by molar-refractivity contribution is 5.47. The van der Waals surface area contributed by atoms with E-state index in [9.17, 15) is 0 Å². The lowest BCUT2D eigenvalue weighted by molar-refractivity contribution is 0.0940. The van der Waals surface area contributed by atoms with E-state index in [4.69, 9.17) is 4.74 Å². The van der Waals surface area contributed by atoms with Crippen molar-refractivity contribution in [2.75, 3.05) is 12.4 Å². The third-order valence-corrected chi connectivity index (χ3v) is 4.01. The standard InChI is InChI=1S/C15H25N3O/c1-10-13(16-5)17-11(2)18-14(10)19-12-6-8-15(3,4)9-7-12/h12H,6-9H2,1-5H3,(H,16,17,18). The van der Waals surface area contributed by atoms with Crippen LogP contribution >= 0.6 is 0 Å². The SMILES string of the molecule is CNc1nc(C)nc(OC2CCC(C)(C)CC2)c1C. The van der Waals surface area contributed by atoms with Crippen molar-refractivity contribution in [3.05, 3.63) is 11.4 Å². The van der Waals surface area contributed by atoms with E-state index in [1.807, 2.05) is 20.9 Å². The average Bonchev–Trinajstić information content (AvgIpc) is 2.35. The smallest absolute Gasteiger partial charge is 0.222 e. The minimum Gasteiger partial charge on any atom is -0.474 e. The predicted molar refractivity (Wildman–Crippen MR) is 77.7 cm³/mol. The van der Waals surface area contributed by atoms with Crippen molar-refractivity contribution in [3.8, 4) is 5.88 Å². The highest BCUT2D eigenvalue weighted by atomic mass is 16.5. The molecule has 0 saturated heterocycles. The van der Waals surface area contributed by atoms with Crippen LogP contribution in [0.15, 0.2) is 0 Å². The van der Waals surface area contributed by atoms with Gasteiger partial charge in [0.1, 0.15) is 17.7 Å².